The van der Waals surface area contributed by atoms with Crippen LogP contribution in [0.15, 0.2) is 24.3 Å². The monoisotopic (exact) mass is 235 g/mol. The van der Waals surface area contributed by atoms with Gasteiger partial charge in [-0.05, 0) is 12.1 Å². The van der Waals surface area contributed by atoms with E-state index in [0.717, 1.165) is 0 Å². The second-order valence-corrected chi connectivity index (χ2v) is 3.61. The van der Waals surface area contributed by atoms with Gasteiger partial charge in [-0.1, -0.05) is 12.1 Å². The molecule has 5 heteroatoms. The number of Topliss-reactive ketones (excluding diaryl/α,β-unsaturated/α-hetero) is 1. The first kappa shape index (κ1) is 11.8. The number of ether oxygens (including phenoxy) is 2. The molecule has 1 heterocycles. The summed E-state index contributed by atoms with van der Waals surface area (Å²) in [4.78, 5) is 24.7. The van der Waals surface area contributed by atoms with Crippen LogP contribution in [0.25, 0.3) is 0 Å². The highest BCUT2D eigenvalue weighted by molar-refractivity contribution is 6.52. The number of carbonyl (C=O) groups is 2. The van der Waals surface area contributed by atoms with E-state index in [-0.39, 0.29) is 6.73 Å². The Balaban J connectivity index is 2.08. The first-order chi connectivity index (χ1) is 8.25. The molecule has 2 rings (SSSR count). The fourth-order valence-electron chi connectivity index (χ4n) is 1.67. The third-order valence-corrected chi connectivity index (χ3v) is 2.53. The standard InChI is InChI=1S/C12H13NO4/c1-16-6-7-17-8-13-10-5-3-2-4-9(10)11(14)12(13)15/h2-5H,6-8H2,1H3. The average molecular weight is 235 g/mol. The normalized spacial score (nSPS) is 14.3. The Morgan fingerprint density at radius 1 is 1.18 bits per heavy atom. The predicted molar refractivity (Wildman–Crippen MR) is 61.0 cm³/mol. The number of rotatable bonds is 5. The zero-order valence-electron chi connectivity index (χ0n) is 9.51. The fourth-order valence-corrected chi connectivity index (χ4v) is 1.67. The Hall–Kier alpha value is -1.72. The van der Waals surface area contributed by atoms with Crippen molar-refractivity contribution in [3.8, 4) is 0 Å². The zero-order valence-corrected chi connectivity index (χ0v) is 9.51. The van der Waals surface area contributed by atoms with E-state index >= 15 is 0 Å². The number of benzene rings is 1. The van der Waals surface area contributed by atoms with Gasteiger partial charge < -0.3 is 9.47 Å². The number of methoxy groups -OCH3 is 1. The molecule has 0 aliphatic carbocycles. The maximum Gasteiger partial charge on any atom is 0.301 e. The van der Waals surface area contributed by atoms with Crippen LogP contribution in [-0.4, -0.2) is 38.7 Å². The van der Waals surface area contributed by atoms with E-state index in [1.807, 2.05) is 0 Å². The fraction of sp³-hybridized carbons (Fsp3) is 0.333. The molecule has 0 saturated carbocycles. The molecular formula is C12H13NO4. The van der Waals surface area contributed by atoms with Crippen molar-refractivity contribution in [1.82, 2.24) is 0 Å². The lowest BCUT2D eigenvalue weighted by atomic mass is 10.1. The Bertz CT molecular complexity index is 444. The number of para-hydroxylation sites is 1. The molecule has 1 aromatic rings. The van der Waals surface area contributed by atoms with Crippen molar-refractivity contribution < 1.29 is 19.1 Å². The molecule has 0 atom stereocenters. The van der Waals surface area contributed by atoms with E-state index in [2.05, 4.69) is 0 Å². The van der Waals surface area contributed by atoms with Gasteiger partial charge in [0.1, 0.15) is 6.73 Å². The summed E-state index contributed by atoms with van der Waals surface area (Å²) in [6, 6.07) is 6.90. The molecular weight excluding hydrogens is 222 g/mol. The summed E-state index contributed by atoms with van der Waals surface area (Å²) >= 11 is 0. The third kappa shape index (κ3) is 2.20. The molecule has 1 aliphatic rings. The van der Waals surface area contributed by atoms with Crippen LogP contribution in [0.5, 0.6) is 0 Å². The molecule has 0 aromatic heterocycles. The summed E-state index contributed by atoms with van der Waals surface area (Å²) in [5.74, 6) is -1.01. The number of ketones is 1. The van der Waals surface area contributed by atoms with Gasteiger partial charge in [0.25, 0.3) is 5.78 Å². The number of anilines is 1. The Morgan fingerprint density at radius 3 is 2.71 bits per heavy atom. The molecule has 1 amide bonds. The van der Waals surface area contributed by atoms with Gasteiger partial charge in [0.2, 0.25) is 0 Å². The highest BCUT2D eigenvalue weighted by atomic mass is 16.5. The second kappa shape index (κ2) is 5.07. The van der Waals surface area contributed by atoms with Crippen LogP contribution in [0.2, 0.25) is 0 Å². The van der Waals surface area contributed by atoms with E-state index in [1.165, 1.54) is 4.90 Å². The zero-order chi connectivity index (χ0) is 12.3. The van der Waals surface area contributed by atoms with E-state index in [4.69, 9.17) is 9.47 Å². The van der Waals surface area contributed by atoms with Gasteiger partial charge >= 0.3 is 5.91 Å². The number of hydrogen-bond donors (Lipinski definition) is 0. The van der Waals surface area contributed by atoms with Crippen molar-refractivity contribution in [2.45, 2.75) is 0 Å². The lowest BCUT2D eigenvalue weighted by Gasteiger charge is -2.16. The minimum Gasteiger partial charge on any atom is -0.382 e. The van der Waals surface area contributed by atoms with Crippen molar-refractivity contribution in [3.05, 3.63) is 29.8 Å². The minimum atomic E-state index is -0.538. The molecule has 5 nitrogen and oxygen atoms in total. The average Bonchev–Trinajstić information content (AvgIpc) is 2.60. The topological polar surface area (TPSA) is 55.8 Å². The van der Waals surface area contributed by atoms with Gasteiger partial charge in [0.05, 0.1) is 24.5 Å². The number of amides is 1. The quantitative estimate of drug-likeness (QED) is 0.560. The molecule has 0 N–H and O–H groups in total. The van der Waals surface area contributed by atoms with Crippen molar-refractivity contribution in [3.63, 3.8) is 0 Å². The van der Waals surface area contributed by atoms with Crippen LogP contribution in [0.4, 0.5) is 5.69 Å². The highest BCUT2D eigenvalue weighted by Crippen LogP contribution is 2.27. The predicted octanol–water partition coefficient (Wildman–Crippen LogP) is 0.836. The first-order valence-corrected chi connectivity index (χ1v) is 5.27. The van der Waals surface area contributed by atoms with E-state index < -0.39 is 11.7 Å². The first-order valence-electron chi connectivity index (χ1n) is 5.27. The lowest BCUT2D eigenvalue weighted by Crippen LogP contribution is -2.32. The Kier molecular flexibility index (Phi) is 3.51. The molecule has 0 unspecified atom stereocenters. The molecule has 90 valence electrons. The van der Waals surface area contributed by atoms with Crippen LogP contribution in [0.1, 0.15) is 10.4 Å². The molecule has 1 aliphatic heterocycles. The Morgan fingerprint density at radius 2 is 1.94 bits per heavy atom. The van der Waals surface area contributed by atoms with Gasteiger partial charge in [-0.25, -0.2) is 0 Å². The van der Waals surface area contributed by atoms with Crippen molar-refractivity contribution >= 4 is 17.4 Å². The number of fused-ring (bicyclic) bond motifs is 1. The summed E-state index contributed by atoms with van der Waals surface area (Å²) in [5.41, 5.74) is 1.05. The summed E-state index contributed by atoms with van der Waals surface area (Å²) < 4.78 is 10.1. The van der Waals surface area contributed by atoms with Gasteiger partial charge in [-0.15, -0.1) is 0 Å². The van der Waals surface area contributed by atoms with Crippen LogP contribution in [0.3, 0.4) is 0 Å². The second-order valence-electron chi connectivity index (χ2n) is 3.61. The molecule has 0 saturated heterocycles. The maximum absolute atomic E-state index is 11.7. The van der Waals surface area contributed by atoms with E-state index in [0.29, 0.717) is 24.5 Å². The van der Waals surface area contributed by atoms with Crippen LogP contribution in [0, 0.1) is 0 Å². The summed E-state index contributed by atoms with van der Waals surface area (Å²) in [7, 11) is 1.57. The van der Waals surface area contributed by atoms with Crippen molar-refractivity contribution in [1.29, 1.82) is 0 Å². The third-order valence-electron chi connectivity index (χ3n) is 2.53. The van der Waals surface area contributed by atoms with Crippen LogP contribution >= 0.6 is 0 Å². The van der Waals surface area contributed by atoms with Gasteiger partial charge in [0, 0.05) is 7.11 Å². The van der Waals surface area contributed by atoms with Crippen molar-refractivity contribution in [2.24, 2.45) is 0 Å². The summed E-state index contributed by atoms with van der Waals surface area (Å²) in [5, 5.41) is 0. The molecule has 0 fully saturated rings. The van der Waals surface area contributed by atoms with Gasteiger partial charge in [0.15, 0.2) is 0 Å². The van der Waals surface area contributed by atoms with Crippen molar-refractivity contribution in [2.75, 3.05) is 32.0 Å². The molecule has 0 bridgehead atoms. The summed E-state index contributed by atoms with van der Waals surface area (Å²) in [6.07, 6.45) is 0. The van der Waals surface area contributed by atoms with E-state index in [9.17, 15) is 9.59 Å². The smallest absolute Gasteiger partial charge is 0.301 e. The van der Waals surface area contributed by atoms with Crippen LogP contribution in [-0.2, 0) is 14.3 Å². The molecule has 0 spiro atoms. The highest BCUT2D eigenvalue weighted by Gasteiger charge is 2.35. The lowest BCUT2D eigenvalue weighted by molar-refractivity contribution is -0.115. The number of hydrogen-bond acceptors (Lipinski definition) is 4. The molecule has 1 aromatic carbocycles. The maximum atomic E-state index is 11.7. The number of carbonyl (C=O) groups excluding carboxylic acids is 2. The Labute approximate surface area is 98.9 Å². The molecule has 0 radical (unpaired) electrons. The van der Waals surface area contributed by atoms with E-state index in [1.54, 1.807) is 31.4 Å². The minimum absolute atomic E-state index is 0.0744. The van der Waals surface area contributed by atoms with Crippen LogP contribution < -0.4 is 4.90 Å². The summed E-state index contributed by atoms with van der Waals surface area (Å²) in [6.45, 7) is 0.916. The van der Waals surface area contributed by atoms with Gasteiger partial charge in [-0.3, -0.25) is 14.5 Å². The van der Waals surface area contributed by atoms with Gasteiger partial charge in [-0.2, -0.15) is 0 Å². The SMILES string of the molecule is COCCOCN1C(=O)C(=O)c2ccccc21. The molecule has 17 heavy (non-hydrogen) atoms. The largest absolute Gasteiger partial charge is 0.382 e. The number of nitrogens with zero attached hydrogens (tertiary/aromatic N) is 1.